The van der Waals surface area contributed by atoms with E-state index in [1.807, 2.05) is 6.92 Å². The zero-order chi connectivity index (χ0) is 14.6. The first-order valence-corrected chi connectivity index (χ1v) is 7.76. The number of halogens is 2. The average molecular weight is 394 g/mol. The van der Waals surface area contributed by atoms with Gasteiger partial charge in [0.1, 0.15) is 0 Å². The number of amides is 1. The normalized spacial score (nSPS) is 11.2. The van der Waals surface area contributed by atoms with Gasteiger partial charge < -0.3 is 5.32 Å². The van der Waals surface area contributed by atoms with Gasteiger partial charge in [-0.2, -0.15) is 0 Å². The lowest BCUT2D eigenvalue weighted by molar-refractivity contribution is -0.384. The molecule has 7 heteroatoms. The SMILES string of the molecule is Cc1cc(C(=O)NC(C)(CBr)CBr)cc([N+](=O)[O-])c1. The van der Waals surface area contributed by atoms with Crippen LogP contribution in [0.2, 0.25) is 0 Å². The fraction of sp³-hybridized carbons (Fsp3) is 0.417. The maximum absolute atomic E-state index is 12.1. The maximum atomic E-state index is 12.1. The Balaban J connectivity index is 3.03. The lowest BCUT2D eigenvalue weighted by atomic mass is 10.1. The summed E-state index contributed by atoms with van der Waals surface area (Å²) in [7, 11) is 0. The van der Waals surface area contributed by atoms with Gasteiger partial charge in [-0.1, -0.05) is 31.9 Å². The van der Waals surface area contributed by atoms with Crippen molar-refractivity contribution in [2.24, 2.45) is 0 Å². The van der Waals surface area contributed by atoms with E-state index in [2.05, 4.69) is 37.2 Å². The first kappa shape index (κ1) is 16.1. The molecule has 1 N–H and O–H groups in total. The number of rotatable bonds is 5. The van der Waals surface area contributed by atoms with E-state index < -0.39 is 10.5 Å². The highest BCUT2D eigenvalue weighted by Gasteiger charge is 2.25. The molecule has 1 aromatic carbocycles. The summed E-state index contributed by atoms with van der Waals surface area (Å²) >= 11 is 6.66. The average Bonchev–Trinajstić information content (AvgIpc) is 2.37. The highest BCUT2D eigenvalue weighted by molar-refractivity contribution is 9.09. The second-order valence-corrected chi connectivity index (χ2v) is 5.72. The summed E-state index contributed by atoms with van der Waals surface area (Å²) in [5.74, 6) is -0.326. The molecular formula is C12H14Br2N2O3. The summed E-state index contributed by atoms with van der Waals surface area (Å²) in [6.45, 7) is 3.59. The first-order valence-electron chi connectivity index (χ1n) is 5.52. The van der Waals surface area contributed by atoms with Gasteiger partial charge >= 0.3 is 0 Å². The maximum Gasteiger partial charge on any atom is 0.270 e. The number of benzene rings is 1. The predicted octanol–water partition coefficient (Wildman–Crippen LogP) is 3.18. The Bertz CT molecular complexity index is 502. The second kappa shape index (κ2) is 6.47. The third-order valence-electron chi connectivity index (χ3n) is 2.54. The molecule has 0 heterocycles. The smallest absolute Gasteiger partial charge is 0.270 e. The number of aryl methyl sites for hydroxylation is 1. The van der Waals surface area contributed by atoms with Crippen LogP contribution >= 0.6 is 31.9 Å². The fourth-order valence-electron chi connectivity index (χ4n) is 1.45. The molecule has 0 saturated carbocycles. The van der Waals surface area contributed by atoms with Gasteiger partial charge in [-0.3, -0.25) is 14.9 Å². The van der Waals surface area contributed by atoms with E-state index >= 15 is 0 Å². The minimum absolute atomic E-state index is 0.0791. The lowest BCUT2D eigenvalue weighted by Gasteiger charge is -2.26. The molecular weight excluding hydrogens is 380 g/mol. The minimum Gasteiger partial charge on any atom is -0.345 e. The van der Waals surface area contributed by atoms with Crippen molar-refractivity contribution in [3.8, 4) is 0 Å². The Labute approximate surface area is 128 Å². The summed E-state index contributed by atoms with van der Waals surface area (Å²) in [4.78, 5) is 22.4. The zero-order valence-corrected chi connectivity index (χ0v) is 13.7. The van der Waals surface area contributed by atoms with Crippen molar-refractivity contribution in [3.05, 3.63) is 39.4 Å². The molecule has 1 rings (SSSR count). The van der Waals surface area contributed by atoms with Crippen LogP contribution in [0.4, 0.5) is 5.69 Å². The number of nitrogens with one attached hydrogen (secondary N) is 1. The molecule has 0 aliphatic heterocycles. The molecule has 0 aromatic heterocycles. The monoisotopic (exact) mass is 392 g/mol. The highest BCUT2D eigenvalue weighted by Crippen LogP contribution is 2.18. The predicted molar refractivity (Wildman–Crippen MR) is 81.3 cm³/mol. The molecule has 0 fully saturated rings. The molecule has 0 saturated heterocycles. The quantitative estimate of drug-likeness (QED) is 0.474. The van der Waals surface area contributed by atoms with Crippen LogP contribution in [0.1, 0.15) is 22.8 Å². The summed E-state index contributed by atoms with van der Waals surface area (Å²) in [5.41, 5.74) is 0.443. The standard InChI is InChI=1S/C12H14Br2N2O3/c1-8-3-9(5-10(4-8)16(18)19)11(17)15-12(2,6-13)7-14/h3-5H,6-7H2,1-2H3,(H,15,17). The molecule has 0 radical (unpaired) electrons. The van der Waals surface area contributed by atoms with Gasteiger partial charge in [-0.25, -0.2) is 0 Å². The second-order valence-electron chi connectivity index (χ2n) is 4.60. The van der Waals surface area contributed by atoms with Gasteiger partial charge in [0.2, 0.25) is 0 Å². The van der Waals surface area contributed by atoms with Crippen LogP contribution in [0.15, 0.2) is 18.2 Å². The van der Waals surface area contributed by atoms with Gasteiger partial charge in [0.05, 0.1) is 10.5 Å². The number of alkyl halides is 2. The van der Waals surface area contributed by atoms with E-state index in [1.54, 1.807) is 13.0 Å². The fourth-order valence-corrected chi connectivity index (χ4v) is 2.66. The van der Waals surface area contributed by atoms with Crippen molar-refractivity contribution < 1.29 is 9.72 Å². The Morgan fingerprint density at radius 1 is 1.37 bits per heavy atom. The third-order valence-corrected chi connectivity index (χ3v) is 5.02. The summed E-state index contributed by atoms with van der Waals surface area (Å²) < 4.78 is 0. The number of hydrogen-bond acceptors (Lipinski definition) is 3. The van der Waals surface area contributed by atoms with Gasteiger partial charge in [0.25, 0.3) is 11.6 Å². The Morgan fingerprint density at radius 2 is 1.95 bits per heavy atom. The van der Waals surface area contributed by atoms with Crippen molar-refractivity contribution in [1.82, 2.24) is 5.32 Å². The van der Waals surface area contributed by atoms with E-state index in [-0.39, 0.29) is 11.6 Å². The molecule has 0 bridgehead atoms. The van der Waals surface area contributed by atoms with Crippen molar-refractivity contribution in [1.29, 1.82) is 0 Å². The lowest BCUT2D eigenvalue weighted by Crippen LogP contribution is -2.48. The molecule has 0 aliphatic rings. The van der Waals surface area contributed by atoms with Gasteiger partial charge in [-0.05, 0) is 25.5 Å². The Hall–Kier alpha value is -0.950. The van der Waals surface area contributed by atoms with E-state index in [9.17, 15) is 14.9 Å². The Morgan fingerprint density at radius 3 is 2.42 bits per heavy atom. The number of nitrogens with zero attached hydrogens (tertiary/aromatic N) is 1. The van der Waals surface area contributed by atoms with Crippen LogP contribution in [-0.2, 0) is 0 Å². The van der Waals surface area contributed by atoms with Crippen LogP contribution in [-0.4, -0.2) is 27.0 Å². The van der Waals surface area contributed by atoms with Crippen LogP contribution in [0, 0.1) is 17.0 Å². The van der Waals surface area contributed by atoms with Gasteiger partial charge in [0.15, 0.2) is 0 Å². The highest BCUT2D eigenvalue weighted by atomic mass is 79.9. The van der Waals surface area contributed by atoms with Crippen molar-refractivity contribution >= 4 is 43.5 Å². The first-order chi connectivity index (χ1) is 8.81. The third kappa shape index (κ3) is 4.28. The van der Waals surface area contributed by atoms with E-state index in [0.717, 1.165) is 0 Å². The van der Waals surface area contributed by atoms with Crippen molar-refractivity contribution in [2.75, 3.05) is 10.7 Å². The summed E-state index contributed by atoms with van der Waals surface area (Å²) in [6.07, 6.45) is 0. The van der Waals surface area contributed by atoms with Gasteiger partial charge in [0, 0.05) is 28.4 Å². The van der Waals surface area contributed by atoms with Crippen molar-refractivity contribution in [3.63, 3.8) is 0 Å². The molecule has 1 aromatic rings. The molecule has 19 heavy (non-hydrogen) atoms. The van der Waals surface area contributed by atoms with E-state index in [0.29, 0.717) is 21.8 Å². The minimum atomic E-state index is -0.502. The molecule has 0 spiro atoms. The van der Waals surface area contributed by atoms with Gasteiger partial charge in [-0.15, -0.1) is 0 Å². The molecule has 1 amide bonds. The zero-order valence-electron chi connectivity index (χ0n) is 10.6. The molecule has 0 atom stereocenters. The number of carbonyl (C=O) groups excluding carboxylic acids is 1. The number of nitro benzene ring substituents is 1. The number of non-ortho nitro benzene ring substituents is 1. The number of hydrogen-bond donors (Lipinski definition) is 1. The topological polar surface area (TPSA) is 72.2 Å². The van der Waals surface area contributed by atoms with Crippen LogP contribution < -0.4 is 5.32 Å². The molecule has 104 valence electrons. The molecule has 5 nitrogen and oxygen atoms in total. The number of carbonyl (C=O) groups is 1. The van der Waals surface area contributed by atoms with Crippen LogP contribution in [0.25, 0.3) is 0 Å². The van der Waals surface area contributed by atoms with Crippen LogP contribution in [0.5, 0.6) is 0 Å². The van der Waals surface area contributed by atoms with Crippen molar-refractivity contribution in [2.45, 2.75) is 19.4 Å². The Kier molecular flexibility index (Phi) is 5.49. The van der Waals surface area contributed by atoms with E-state index in [1.165, 1.54) is 12.1 Å². The molecule has 0 unspecified atom stereocenters. The van der Waals surface area contributed by atoms with Crippen LogP contribution in [0.3, 0.4) is 0 Å². The number of nitro groups is 1. The summed E-state index contributed by atoms with van der Waals surface area (Å²) in [6, 6.07) is 4.35. The molecule has 0 aliphatic carbocycles. The van der Waals surface area contributed by atoms with E-state index in [4.69, 9.17) is 0 Å². The summed E-state index contributed by atoms with van der Waals surface area (Å²) in [5, 5.41) is 14.8. The largest absolute Gasteiger partial charge is 0.345 e.